The first-order valence-electron chi connectivity index (χ1n) is 9.40. The average Bonchev–Trinajstić information content (AvgIpc) is 2.83. The summed E-state index contributed by atoms with van der Waals surface area (Å²) in [6.45, 7) is 5.69. The molecule has 1 atom stereocenters. The number of hydrogen-bond donors (Lipinski definition) is 1. The van der Waals surface area contributed by atoms with Gasteiger partial charge in [-0.1, -0.05) is 50.3 Å². The second kappa shape index (κ2) is 7.96. The smallest absolute Gasteiger partial charge is 0.330 e. The Balaban J connectivity index is 2.13. The minimum atomic E-state index is -0.310. The number of benzene rings is 1. The number of nitrogens with zero attached hydrogens (tertiary/aromatic N) is 3. The normalized spacial score (nSPS) is 16.5. The Bertz CT molecular complexity index is 941. The van der Waals surface area contributed by atoms with Crippen molar-refractivity contribution in [2.24, 2.45) is 20.0 Å². The molecule has 0 saturated heterocycles. The predicted octanol–water partition coefficient (Wildman–Crippen LogP) is 2.29. The molecule has 0 spiro atoms. The Morgan fingerprint density at radius 1 is 1.11 bits per heavy atom. The molecule has 1 N–H and O–H groups in total. The highest BCUT2D eigenvalue weighted by Gasteiger charge is 2.27. The number of hydrogen-bond acceptors (Lipinski definition) is 4. The van der Waals surface area contributed by atoms with E-state index in [-0.39, 0.29) is 17.3 Å². The van der Waals surface area contributed by atoms with Crippen molar-refractivity contribution in [3.05, 3.63) is 74.6 Å². The average molecular weight is 368 g/mol. The van der Waals surface area contributed by atoms with E-state index in [0.29, 0.717) is 30.3 Å². The first-order valence-corrected chi connectivity index (χ1v) is 9.40. The maximum Gasteiger partial charge on any atom is 0.332 e. The van der Waals surface area contributed by atoms with Gasteiger partial charge < -0.3 is 10.2 Å². The molecule has 0 aliphatic carbocycles. The Kier molecular flexibility index (Phi) is 5.65. The summed E-state index contributed by atoms with van der Waals surface area (Å²) in [6, 6.07) is 9.94. The summed E-state index contributed by atoms with van der Waals surface area (Å²) in [5, 5.41) is 3.51. The fourth-order valence-corrected chi connectivity index (χ4v) is 3.50. The van der Waals surface area contributed by atoms with Crippen molar-refractivity contribution >= 4 is 5.82 Å². The molecule has 27 heavy (non-hydrogen) atoms. The molecular formula is C21H28N4O2. The first kappa shape index (κ1) is 19.2. The maximum absolute atomic E-state index is 13.0. The third-order valence-electron chi connectivity index (χ3n) is 4.91. The van der Waals surface area contributed by atoms with Crippen LogP contribution in [0.15, 0.2) is 52.2 Å². The van der Waals surface area contributed by atoms with E-state index in [4.69, 9.17) is 0 Å². The van der Waals surface area contributed by atoms with Gasteiger partial charge in [0.15, 0.2) is 0 Å². The molecule has 0 amide bonds. The van der Waals surface area contributed by atoms with Crippen molar-refractivity contribution in [3.8, 4) is 0 Å². The van der Waals surface area contributed by atoms with E-state index in [2.05, 4.69) is 25.2 Å². The molecule has 0 radical (unpaired) electrons. The van der Waals surface area contributed by atoms with E-state index >= 15 is 0 Å². The molecule has 1 aliphatic rings. The van der Waals surface area contributed by atoms with Crippen LogP contribution in [0.3, 0.4) is 0 Å². The van der Waals surface area contributed by atoms with Gasteiger partial charge in [-0.2, -0.15) is 0 Å². The summed E-state index contributed by atoms with van der Waals surface area (Å²) in [5.74, 6) is 1.14. The zero-order valence-electron chi connectivity index (χ0n) is 16.5. The van der Waals surface area contributed by atoms with Crippen LogP contribution in [0.25, 0.3) is 0 Å². The van der Waals surface area contributed by atoms with Crippen molar-refractivity contribution < 1.29 is 0 Å². The highest BCUT2D eigenvalue weighted by atomic mass is 16.2. The Hall–Kier alpha value is -2.60. The lowest BCUT2D eigenvalue weighted by molar-refractivity contribution is 0.468. The summed E-state index contributed by atoms with van der Waals surface area (Å²) in [4.78, 5) is 27.7. The van der Waals surface area contributed by atoms with Crippen LogP contribution >= 0.6 is 0 Å². The van der Waals surface area contributed by atoms with E-state index in [1.165, 1.54) is 4.57 Å². The maximum atomic E-state index is 13.0. The van der Waals surface area contributed by atoms with E-state index in [1.807, 2.05) is 41.4 Å². The molecule has 0 fully saturated rings. The molecular weight excluding hydrogens is 340 g/mol. The molecule has 6 heteroatoms. The molecule has 2 aromatic rings. The number of anilines is 1. The molecule has 144 valence electrons. The third-order valence-corrected chi connectivity index (χ3v) is 4.91. The lowest BCUT2D eigenvalue weighted by Gasteiger charge is -2.27. The largest absolute Gasteiger partial charge is 0.332 e. The van der Waals surface area contributed by atoms with Crippen molar-refractivity contribution in [1.29, 1.82) is 0 Å². The van der Waals surface area contributed by atoms with Crippen molar-refractivity contribution in [2.75, 3.05) is 11.4 Å². The topological polar surface area (TPSA) is 59.3 Å². The van der Waals surface area contributed by atoms with Crippen molar-refractivity contribution in [1.82, 2.24) is 14.5 Å². The highest BCUT2D eigenvalue weighted by molar-refractivity contribution is 5.53. The van der Waals surface area contributed by atoms with Gasteiger partial charge in [0.25, 0.3) is 5.56 Å². The van der Waals surface area contributed by atoms with Crippen LogP contribution < -0.4 is 21.5 Å². The molecule has 0 saturated carbocycles. The van der Waals surface area contributed by atoms with Gasteiger partial charge >= 0.3 is 5.69 Å². The van der Waals surface area contributed by atoms with Gasteiger partial charge in [0.2, 0.25) is 0 Å². The predicted molar refractivity (Wildman–Crippen MR) is 109 cm³/mol. The van der Waals surface area contributed by atoms with Crippen LogP contribution in [0, 0.1) is 5.92 Å². The van der Waals surface area contributed by atoms with E-state index in [9.17, 15) is 9.59 Å². The first-order chi connectivity index (χ1) is 12.9. The van der Waals surface area contributed by atoms with Crippen LogP contribution in [-0.2, 0) is 20.6 Å². The SMILES string of the molecule is CC(C)CNC1CC=CN(Cc2ccccc2)c2c1c(=O)n(C)c(=O)n2C. The molecule has 2 heterocycles. The van der Waals surface area contributed by atoms with E-state index < -0.39 is 0 Å². The summed E-state index contributed by atoms with van der Waals surface area (Å²) < 4.78 is 2.79. The van der Waals surface area contributed by atoms with Crippen LogP contribution in [-0.4, -0.2) is 15.7 Å². The number of aromatic nitrogens is 2. The zero-order valence-corrected chi connectivity index (χ0v) is 16.5. The van der Waals surface area contributed by atoms with E-state index in [0.717, 1.165) is 12.1 Å². The van der Waals surface area contributed by atoms with Crippen LogP contribution in [0.5, 0.6) is 0 Å². The van der Waals surface area contributed by atoms with Gasteiger partial charge in [0.05, 0.1) is 5.56 Å². The fourth-order valence-electron chi connectivity index (χ4n) is 3.50. The summed E-state index contributed by atoms with van der Waals surface area (Å²) in [7, 11) is 3.28. The van der Waals surface area contributed by atoms with Gasteiger partial charge in [-0.05, 0) is 24.4 Å². The molecule has 1 aromatic heterocycles. The zero-order chi connectivity index (χ0) is 19.6. The summed E-state index contributed by atoms with van der Waals surface area (Å²) in [5.41, 5.74) is 1.24. The standard InChI is InChI=1S/C21H28N4O2/c1-15(2)13-22-17-11-8-12-25(14-16-9-6-5-7-10-16)19-18(17)20(26)24(4)21(27)23(19)3/h5-10,12,15,17,22H,11,13-14H2,1-4H3. The lowest BCUT2D eigenvalue weighted by Crippen LogP contribution is -2.44. The Morgan fingerprint density at radius 2 is 1.81 bits per heavy atom. The lowest BCUT2D eigenvalue weighted by atomic mass is 10.0. The summed E-state index contributed by atoms with van der Waals surface area (Å²) in [6.07, 6.45) is 4.77. The number of nitrogens with one attached hydrogen (secondary N) is 1. The second-order valence-corrected chi connectivity index (χ2v) is 7.53. The Labute approximate surface area is 159 Å². The molecule has 1 unspecified atom stereocenters. The quantitative estimate of drug-likeness (QED) is 0.880. The molecule has 1 aliphatic heterocycles. The molecule has 0 bridgehead atoms. The molecule has 6 nitrogen and oxygen atoms in total. The van der Waals surface area contributed by atoms with Gasteiger partial charge in [-0.25, -0.2) is 4.79 Å². The fraction of sp³-hybridized carbons (Fsp3) is 0.429. The second-order valence-electron chi connectivity index (χ2n) is 7.53. The van der Waals surface area contributed by atoms with Gasteiger partial charge in [-0.15, -0.1) is 0 Å². The third kappa shape index (κ3) is 3.90. The number of fused-ring (bicyclic) bond motifs is 1. The Morgan fingerprint density at radius 3 is 2.48 bits per heavy atom. The molecule has 1 aromatic carbocycles. The monoisotopic (exact) mass is 368 g/mol. The highest BCUT2D eigenvalue weighted by Crippen LogP contribution is 2.29. The van der Waals surface area contributed by atoms with Crippen LogP contribution in [0.4, 0.5) is 5.82 Å². The van der Waals surface area contributed by atoms with Crippen LogP contribution in [0.1, 0.15) is 37.4 Å². The van der Waals surface area contributed by atoms with Gasteiger partial charge in [0.1, 0.15) is 5.82 Å². The number of rotatable bonds is 5. The van der Waals surface area contributed by atoms with E-state index in [1.54, 1.807) is 18.7 Å². The van der Waals surface area contributed by atoms with Gasteiger partial charge in [0, 0.05) is 32.9 Å². The van der Waals surface area contributed by atoms with Gasteiger partial charge in [-0.3, -0.25) is 13.9 Å². The van der Waals surface area contributed by atoms with Crippen molar-refractivity contribution in [2.45, 2.75) is 32.9 Å². The molecule has 3 rings (SSSR count). The minimum Gasteiger partial charge on any atom is -0.330 e. The van der Waals surface area contributed by atoms with Crippen molar-refractivity contribution in [3.63, 3.8) is 0 Å². The minimum absolute atomic E-state index is 0.120. The summed E-state index contributed by atoms with van der Waals surface area (Å²) >= 11 is 0. The van der Waals surface area contributed by atoms with Crippen LogP contribution in [0.2, 0.25) is 0 Å².